The van der Waals surface area contributed by atoms with Crippen LogP contribution in [0.25, 0.3) is 0 Å². The Morgan fingerprint density at radius 1 is 0.887 bits per heavy atom. The molecule has 8 nitrogen and oxygen atoms in total. The van der Waals surface area contributed by atoms with Crippen molar-refractivity contribution in [1.29, 1.82) is 0 Å². The molecule has 0 aromatic heterocycles. The van der Waals surface area contributed by atoms with Crippen molar-refractivity contribution in [3.05, 3.63) is 39.9 Å². The molecule has 0 radical (unpaired) electrons. The maximum atomic E-state index is 14.3. The van der Waals surface area contributed by atoms with E-state index in [1.807, 2.05) is 26.0 Å². The molecule has 7 aliphatic rings. The molecule has 6 aliphatic carbocycles. The topological polar surface area (TPSA) is 105 Å². The van der Waals surface area contributed by atoms with Crippen LogP contribution in [0.5, 0.6) is 5.75 Å². The van der Waals surface area contributed by atoms with E-state index in [0.717, 1.165) is 94.4 Å². The van der Waals surface area contributed by atoms with Gasteiger partial charge in [0.25, 0.3) is 0 Å². The molecule has 8 rings (SSSR count). The number of ketones is 1. The van der Waals surface area contributed by atoms with E-state index in [1.165, 1.54) is 31.3 Å². The molecule has 62 heavy (non-hydrogen) atoms. The summed E-state index contributed by atoms with van der Waals surface area (Å²) in [6.07, 6.45) is 14.4. The summed E-state index contributed by atoms with van der Waals surface area (Å²) in [5.74, 6) is 0.971. The van der Waals surface area contributed by atoms with Crippen molar-refractivity contribution in [2.75, 3.05) is 32.8 Å². The predicted octanol–water partition coefficient (Wildman–Crippen LogP) is 11.3. The Morgan fingerprint density at radius 2 is 1.63 bits per heavy atom. The molecule has 5 saturated carbocycles. The smallest absolute Gasteiger partial charge is 0.309 e. The van der Waals surface area contributed by atoms with Gasteiger partial charge in [0, 0.05) is 40.9 Å². The van der Waals surface area contributed by atoms with E-state index in [2.05, 4.69) is 64.7 Å². The number of benzene rings is 1. The van der Waals surface area contributed by atoms with Crippen molar-refractivity contribution >= 4 is 29.3 Å². The molecule has 10 atom stereocenters. The minimum absolute atomic E-state index is 0.0880. The lowest BCUT2D eigenvalue weighted by Gasteiger charge is -2.72. The molecule has 0 unspecified atom stereocenters. The Kier molecular flexibility index (Phi) is 12.5. The largest absolute Gasteiger partial charge is 0.492 e. The number of hydrogen-bond acceptors (Lipinski definition) is 7. The Labute approximate surface area is 378 Å². The lowest BCUT2D eigenvalue weighted by molar-refractivity contribution is -0.236. The summed E-state index contributed by atoms with van der Waals surface area (Å²) in [6.45, 7) is 26.3. The molecular formula is C53H79ClN2O6. The first kappa shape index (κ1) is 46.1. The normalized spacial score (nSPS) is 38.7. The second-order valence-corrected chi connectivity index (χ2v) is 24.1. The van der Waals surface area contributed by atoms with Gasteiger partial charge in [-0.1, -0.05) is 92.0 Å². The molecule has 0 bridgehead atoms. The maximum Gasteiger partial charge on any atom is 0.309 e. The third-order valence-electron chi connectivity index (χ3n) is 19.9. The SMILES string of the molecule is CC(C)C1=C2[C@H]3CC[C@@H]4[C@@]5(C)CC[C@H](OC(=O)[C@H]6C[C@@H](C(=O)O)C6(C)C)C(C)(C)[C@@H]5CC[C@@]4(C)[C@]3(C)CC[C@@]2(CCNCc2ccc(Cl)cc2OCCN2CCCCC2)CC1=O. The molecular weight excluding hydrogens is 796 g/mol. The first-order chi connectivity index (χ1) is 29.2. The number of carboxylic acid groups (broad SMARTS) is 1. The van der Waals surface area contributed by atoms with Gasteiger partial charge in [-0.25, -0.2) is 0 Å². The van der Waals surface area contributed by atoms with E-state index in [4.69, 9.17) is 21.1 Å². The highest BCUT2D eigenvalue weighted by molar-refractivity contribution is 6.30. The number of hydrogen-bond donors (Lipinski definition) is 2. The number of halogens is 1. The second-order valence-electron chi connectivity index (χ2n) is 23.7. The minimum Gasteiger partial charge on any atom is -0.492 e. The van der Waals surface area contributed by atoms with Crippen LogP contribution in [0.1, 0.15) is 158 Å². The highest BCUT2D eigenvalue weighted by atomic mass is 35.5. The number of fused-ring (bicyclic) bond motifs is 7. The van der Waals surface area contributed by atoms with Crippen molar-refractivity contribution in [3.8, 4) is 5.75 Å². The van der Waals surface area contributed by atoms with Gasteiger partial charge < -0.3 is 19.9 Å². The molecule has 0 spiro atoms. The summed E-state index contributed by atoms with van der Waals surface area (Å²) in [5.41, 5.74) is 3.29. The van der Waals surface area contributed by atoms with Gasteiger partial charge in [0.15, 0.2) is 5.78 Å². The fourth-order valence-electron chi connectivity index (χ4n) is 16.0. The van der Waals surface area contributed by atoms with E-state index in [1.54, 1.807) is 0 Å². The van der Waals surface area contributed by atoms with Crippen LogP contribution in [0, 0.1) is 68.0 Å². The molecule has 9 heteroatoms. The number of ether oxygens (including phenoxy) is 2. The molecule has 1 saturated heterocycles. The number of nitrogens with one attached hydrogen (secondary N) is 1. The summed E-state index contributed by atoms with van der Waals surface area (Å²) in [5, 5.41) is 14.2. The van der Waals surface area contributed by atoms with Crippen molar-refractivity contribution in [3.63, 3.8) is 0 Å². The average Bonchev–Trinajstić information content (AvgIpc) is 3.50. The fraction of sp³-hybridized carbons (Fsp3) is 0.792. The molecule has 6 fully saturated rings. The zero-order chi connectivity index (χ0) is 44.6. The monoisotopic (exact) mass is 875 g/mol. The third kappa shape index (κ3) is 7.52. The lowest BCUT2D eigenvalue weighted by Crippen LogP contribution is -2.66. The molecule has 1 aromatic rings. The number of carboxylic acids is 1. The van der Waals surface area contributed by atoms with Gasteiger partial charge in [-0.3, -0.25) is 19.3 Å². The third-order valence-corrected chi connectivity index (χ3v) is 20.1. The fourth-order valence-corrected chi connectivity index (χ4v) is 16.2. The number of likely N-dealkylation sites (tertiary alicyclic amines) is 1. The zero-order valence-corrected chi connectivity index (χ0v) is 40.5. The molecule has 0 amide bonds. The molecule has 2 N–H and O–H groups in total. The average molecular weight is 876 g/mol. The van der Waals surface area contributed by atoms with Crippen LogP contribution in [0.4, 0.5) is 0 Å². The Morgan fingerprint density at radius 3 is 2.32 bits per heavy atom. The molecule has 1 heterocycles. The quantitative estimate of drug-likeness (QED) is 0.149. The van der Waals surface area contributed by atoms with Gasteiger partial charge in [-0.05, 0) is 160 Å². The van der Waals surface area contributed by atoms with Crippen molar-refractivity contribution in [2.24, 2.45) is 68.0 Å². The summed E-state index contributed by atoms with van der Waals surface area (Å²) in [6, 6.07) is 6.02. The zero-order valence-electron chi connectivity index (χ0n) is 39.7. The van der Waals surface area contributed by atoms with Crippen LogP contribution < -0.4 is 10.1 Å². The Hall–Kier alpha value is -2.42. The van der Waals surface area contributed by atoms with Crippen molar-refractivity contribution in [2.45, 2.75) is 165 Å². The molecule has 344 valence electrons. The van der Waals surface area contributed by atoms with Crippen LogP contribution in [0.3, 0.4) is 0 Å². The van der Waals surface area contributed by atoms with Crippen LogP contribution in [-0.2, 0) is 25.7 Å². The van der Waals surface area contributed by atoms with Crippen LogP contribution in [-0.4, -0.2) is 66.6 Å². The first-order valence-electron chi connectivity index (χ1n) is 24.7. The number of carbonyl (C=O) groups excluding carboxylic acids is 2. The highest BCUT2D eigenvalue weighted by Gasteiger charge is 2.70. The van der Waals surface area contributed by atoms with Gasteiger partial charge in [-0.15, -0.1) is 0 Å². The molecule has 1 aromatic carbocycles. The summed E-state index contributed by atoms with van der Waals surface area (Å²) < 4.78 is 12.8. The van der Waals surface area contributed by atoms with Gasteiger partial charge in [0.1, 0.15) is 18.5 Å². The van der Waals surface area contributed by atoms with Crippen LogP contribution in [0.2, 0.25) is 5.02 Å². The van der Waals surface area contributed by atoms with E-state index >= 15 is 0 Å². The number of nitrogens with zero attached hydrogens (tertiary/aromatic N) is 1. The van der Waals surface area contributed by atoms with Crippen LogP contribution in [0.15, 0.2) is 29.3 Å². The number of aliphatic carboxylic acids is 1. The number of piperidine rings is 1. The number of carbonyl (C=O) groups is 3. The van der Waals surface area contributed by atoms with Gasteiger partial charge in [-0.2, -0.15) is 0 Å². The standard InChI is InChI=1S/C53H79ClN2O6/c1-33(2)44-39(57)31-53(23-24-55-32-34-13-14-35(54)29-40(34)61-28-27-56-25-11-10-12-26-56)22-21-51(8)36(45(44)53)15-16-42-50(7)19-18-43(49(5,6)41(50)17-20-52(42,51)9)62-47(60)38-30-37(46(58)59)48(38,3)4/h13-14,29,33,36-38,41-43,55H,10-12,15-28,30-32H2,1-9H3,(H,58,59)/t36-,37+,38-,41+,42-,43+,50+,51-,52-,53-/m1/s1. The summed E-state index contributed by atoms with van der Waals surface area (Å²) in [4.78, 5) is 42.3. The van der Waals surface area contributed by atoms with Crippen molar-refractivity contribution < 1.29 is 29.0 Å². The summed E-state index contributed by atoms with van der Waals surface area (Å²) in [7, 11) is 0. The lowest BCUT2D eigenvalue weighted by atomic mass is 9.33. The first-order valence-corrected chi connectivity index (χ1v) is 25.1. The van der Waals surface area contributed by atoms with Gasteiger partial charge in [0.05, 0.1) is 11.8 Å². The van der Waals surface area contributed by atoms with E-state index < -0.39 is 17.3 Å². The number of esters is 1. The van der Waals surface area contributed by atoms with Gasteiger partial charge in [0.2, 0.25) is 0 Å². The molecule has 1 aliphatic heterocycles. The Bertz CT molecular complexity index is 1930. The van der Waals surface area contributed by atoms with Crippen LogP contribution >= 0.6 is 11.6 Å². The minimum atomic E-state index is -0.818. The number of rotatable bonds is 13. The van der Waals surface area contributed by atoms with E-state index in [0.29, 0.717) is 54.6 Å². The second kappa shape index (κ2) is 16.8. The summed E-state index contributed by atoms with van der Waals surface area (Å²) >= 11 is 6.47. The number of allylic oxidation sites excluding steroid dienone is 2. The maximum absolute atomic E-state index is 14.3. The van der Waals surface area contributed by atoms with E-state index in [-0.39, 0.29) is 51.0 Å². The van der Waals surface area contributed by atoms with E-state index in [9.17, 15) is 19.5 Å². The van der Waals surface area contributed by atoms with Crippen molar-refractivity contribution in [1.82, 2.24) is 10.2 Å². The predicted molar refractivity (Wildman–Crippen MR) is 246 cm³/mol. The number of Topliss-reactive ketones (excluding diaryl/α,β-unsaturated/α-hetero) is 1. The highest BCUT2D eigenvalue weighted by Crippen LogP contribution is 2.77. The Balaban J connectivity index is 0.963. The van der Waals surface area contributed by atoms with Gasteiger partial charge >= 0.3 is 11.9 Å².